The number of benzene rings is 1. The standard InChI is InChI=1S/C33H4F12N8/c34-20-4-12(3-19(53-20)33(43,44)45)22-16(10-51)26-28(24(22)14(7-48)8-49)30(36)27-23(13(5-46)6-47)21(15(9-50)25(27)29(26)35)11-1-17(31(37,38)39)52-18(2-11)32(40,41)42/h1-4H. The SMILES string of the molecule is N#CC(C#N)=C1C(c2cc(F)nc(C(F)(F)F)c2)=C(C#N)c2c(F)c3c(c(F)c21)C(=C(C#N)C#N)C(c1cc(C(F)(F)F)nc(C(F)(F)F)c1)=C3C#N. The van der Waals surface area contributed by atoms with Crippen LogP contribution in [0.2, 0.25) is 0 Å². The zero-order chi connectivity index (χ0) is 39.5. The minimum absolute atomic E-state index is 0.0760. The van der Waals surface area contributed by atoms with Crippen molar-refractivity contribution >= 4 is 33.4 Å². The monoisotopic (exact) mass is 740 g/mol. The Hall–Kier alpha value is -7.42. The molecule has 5 rings (SSSR count). The first-order chi connectivity index (χ1) is 24.7. The molecule has 0 spiro atoms. The predicted molar refractivity (Wildman–Crippen MR) is 151 cm³/mol. The van der Waals surface area contributed by atoms with Crippen molar-refractivity contribution in [3.8, 4) is 36.4 Å². The maximum Gasteiger partial charge on any atom is 0.433 e. The summed E-state index contributed by atoms with van der Waals surface area (Å²) in [5.74, 6) is -5.74. The van der Waals surface area contributed by atoms with Gasteiger partial charge in [0.1, 0.15) is 76.3 Å². The number of nitrogens with zero attached hydrogens (tertiary/aromatic N) is 8. The summed E-state index contributed by atoms with van der Waals surface area (Å²) in [5, 5.41) is 59.3. The molecule has 0 unspecified atom stereocenters. The quantitative estimate of drug-likeness (QED) is 0.143. The number of hydrogen-bond donors (Lipinski definition) is 0. The highest BCUT2D eigenvalue weighted by atomic mass is 19.4. The van der Waals surface area contributed by atoms with Crippen molar-refractivity contribution in [2.45, 2.75) is 18.5 Å². The molecule has 0 N–H and O–H groups in total. The Kier molecular flexibility index (Phi) is 8.63. The molecule has 2 aliphatic carbocycles. The molecule has 0 aliphatic heterocycles. The summed E-state index contributed by atoms with van der Waals surface area (Å²) >= 11 is 0. The molecule has 0 amide bonds. The van der Waals surface area contributed by atoms with E-state index in [0.29, 0.717) is 0 Å². The van der Waals surface area contributed by atoms with E-state index in [0.717, 1.165) is 0 Å². The first-order valence-corrected chi connectivity index (χ1v) is 13.6. The van der Waals surface area contributed by atoms with E-state index in [2.05, 4.69) is 9.97 Å². The number of aromatic nitrogens is 2. The van der Waals surface area contributed by atoms with Gasteiger partial charge in [-0.2, -0.15) is 75.5 Å². The molecule has 0 saturated carbocycles. The number of alkyl halides is 9. The highest BCUT2D eigenvalue weighted by molar-refractivity contribution is 6.30. The van der Waals surface area contributed by atoms with Gasteiger partial charge in [-0.3, -0.25) is 0 Å². The van der Waals surface area contributed by atoms with Gasteiger partial charge in [0.05, 0.1) is 11.1 Å². The maximum atomic E-state index is 17.1. The Bertz CT molecular complexity index is 2550. The number of nitriles is 6. The van der Waals surface area contributed by atoms with Crippen LogP contribution in [0.1, 0.15) is 50.5 Å². The lowest BCUT2D eigenvalue weighted by Gasteiger charge is -2.16. The number of fused-ring (bicyclic) bond motifs is 2. The van der Waals surface area contributed by atoms with Gasteiger partial charge in [0.2, 0.25) is 5.95 Å². The van der Waals surface area contributed by atoms with E-state index in [9.17, 15) is 75.5 Å². The third kappa shape index (κ3) is 5.75. The summed E-state index contributed by atoms with van der Waals surface area (Å²) in [7, 11) is 0. The zero-order valence-electron chi connectivity index (χ0n) is 24.9. The van der Waals surface area contributed by atoms with Crippen LogP contribution in [0.5, 0.6) is 0 Å². The molecule has 0 radical (unpaired) electrons. The Labute approximate surface area is 286 Å². The molecule has 3 aromatic rings. The van der Waals surface area contributed by atoms with Crippen LogP contribution in [-0.2, 0) is 18.5 Å². The lowest BCUT2D eigenvalue weighted by molar-refractivity contribution is -0.150. The van der Waals surface area contributed by atoms with Gasteiger partial charge < -0.3 is 0 Å². The fraction of sp³-hybridized carbons (Fsp3) is 0.0909. The summed E-state index contributed by atoms with van der Waals surface area (Å²) in [5.41, 5.74) is -23.8. The molecule has 0 saturated heterocycles. The van der Waals surface area contributed by atoms with Gasteiger partial charge in [-0.1, -0.05) is 0 Å². The number of pyridine rings is 2. The van der Waals surface area contributed by atoms with E-state index in [-0.39, 0.29) is 24.3 Å². The van der Waals surface area contributed by atoms with Crippen LogP contribution in [0.4, 0.5) is 52.7 Å². The Balaban J connectivity index is 2.05. The minimum Gasteiger partial charge on any atom is -0.239 e. The molecule has 2 heterocycles. The normalized spacial score (nSPS) is 13.7. The molecule has 2 aliphatic rings. The van der Waals surface area contributed by atoms with Crippen LogP contribution in [0.25, 0.3) is 33.4 Å². The van der Waals surface area contributed by atoms with E-state index in [4.69, 9.17) is 0 Å². The second-order valence-corrected chi connectivity index (χ2v) is 10.5. The molecule has 0 atom stereocenters. The lowest BCUT2D eigenvalue weighted by Crippen LogP contribution is -2.15. The molecule has 53 heavy (non-hydrogen) atoms. The maximum absolute atomic E-state index is 17.1. The summed E-state index contributed by atoms with van der Waals surface area (Å²) in [6, 6.07) is 7.76. The molecular formula is C33H4F12N8. The molecule has 0 bridgehead atoms. The third-order valence-corrected chi connectivity index (χ3v) is 7.62. The molecule has 8 nitrogen and oxygen atoms in total. The van der Waals surface area contributed by atoms with Crippen LogP contribution < -0.4 is 0 Å². The van der Waals surface area contributed by atoms with E-state index in [1.807, 2.05) is 0 Å². The average Bonchev–Trinajstić information content (AvgIpc) is 3.61. The lowest BCUT2D eigenvalue weighted by atomic mass is 9.88. The van der Waals surface area contributed by atoms with Gasteiger partial charge in [-0.15, -0.1) is 0 Å². The van der Waals surface area contributed by atoms with Gasteiger partial charge in [0, 0.05) is 50.6 Å². The van der Waals surface area contributed by atoms with E-state index < -0.39 is 131 Å². The zero-order valence-corrected chi connectivity index (χ0v) is 24.9. The van der Waals surface area contributed by atoms with E-state index >= 15 is 8.78 Å². The van der Waals surface area contributed by atoms with Crippen molar-refractivity contribution in [3.05, 3.63) is 103 Å². The molecule has 20 heteroatoms. The van der Waals surface area contributed by atoms with Gasteiger partial charge in [0.15, 0.2) is 0 Å². The predicted octanol–water partition coefficient (Wildman–Crippen LogP) is 8.45. The highest BCUT2D eigenvalue weighted by Gasteiger charge is 2.46. The number of hydrogen-bond acceptors (Lipinski definition) is 8. The molecule has 260 valence electrons. The number of halogens is 12. The fourth-order valence-electron chi connectivity index (χ4n) is 5.70. The van der Waals surface area contributed by atoms with Crippen molar-refractivity contribution < 1.29 is 52.7 Å². The summed E-state index contributed by atoms with van der Waals surface area (Å²) < 4.78 is 172. The first-order valence-electron chi connectivity index (χ1n) is 13.6. The van der Waals surface area contributed by atoms with Crippen molar-refractivity contribution in [1.82, 2.24) is 9.97 Å². The molecule has 0 fully saturated rings. The van der Waals surface area contributed by atoms with Crippen LogP contribution in [0.15, 0.2) is 35.4 Å². The van der Waals surface area contributed by atoms with Gasteiger partial charge in [0.25, 0.3) is 0 Å². The topological polar surface area (TPSA) is 169 Å². The first kappa shape index (κ1) is 36.9. The summed E-state index contributed by atoms with van der Waals surface area (Å²) in [6.45, 7) is 0. The van der Waals surface area contributed by atoms with E-state index in [1.54, 1.807) is 0 Å². The van der Waals surface area contributed by atoms with Crippen molar-refractivity contribution in [3.63, 3.8) is 0 Å². The third-order valence-electron chi connectivity index (χ3n) is 7.62. The Morgan fingerprint density at radius 1 is 0.472 bits per heavy atom. The second kappa shape index (κ2) is 12.4. The second-order valence-electron chi connectivity index (χ2n) is 10.5. The van der Waals surface area contributed by atoms with E-state index in [1.165, 1.54) is 36.4 Å². The minimum atomic E-state index is -5.62. The smallest absolute Gasteiger partial charge is 0.239 e. The highest BCUT2D eigenvalue weighted by Crippen LogP contribution is 2.57. The van der Waals surface area contributed by atoms with Gasteiger partial charge >= 0.3 is 18.5 Å². The van der Waals surface area contributed by atoms with Crippen LogP contribution in [0, 0.1) is 85.6 Å². The average molecular weight is 740 g/mol. The van der Waals surface area contributed by atoms with Gasteiger partial charge in [-0.25, -0.2) is 18.7 Å². The fourth-order valence-corrected chi connectivity index (χ4v) is 5.70. The summed E-state index contributed by atoms with van der Waals surface area (Å²) in [6.07, 6.45) is -16.6. The Morgan fingerprint density at radius 3 is 1.11 bits per heavy atom. The number of allylic oxidation sites excluding steroid dienone is 8. The van der Waals surface area contributed by atoms with Crippen molar-refractivity contribution in [2.75, 3.05) is 0 Å². The summed E-state index contributed by atoms with van der Waals surface area (Å²) in [4.78, 5) is 5.19. The van der Waals surface area contributed by atoms with Crippen LogP contribution in [0.3, 0.4) is 0 Å². The Morgan fingerprint density at radius 2 is 0.792 bits per heavy atom. The molecular weight excluding hydrogens is 736 g/mol. The molecule has 2 aromatic heterocycles. The largest absolute Gasteiger partial charge is 0.433 e. The van der Waals surface area contributed by atoms with Crippen molar-refractivity contribution in [1.29, 1.82) is 31.6 Å². The molecule has 1 aromatic carbocycles. The van der Waals surface area contributed by atoms with Gasteiger partial charge in [-0.05, 0) is 29.3 Å². The van der Waals surface area contributed by atoms with Crippen LogP contribution >= 0.6 is 0 Å². The van der Waals surface area contributed by atoms with Crippen molar-refractivity contribution in [2.24, 2.45) is 0 Å². The number of rotatable bonds is 2. The van der Waals surface area contributed by atoms with Crippen LogP contribution in [-0.4, -0.2) is 9.97 Å².